The Bertz CT molecular complexity index is 1090. The molecule has 0 unspecified atom stereocenters. The van der Waals surface area contributed by atoms with Crippen LogP contribution in [0.5, 0.6) is 5.88 Å². The normalized spacial score (nSPS) is 15.8. The number of nitrogens with two attached hydrogens (primary N) is 1. The number of hydrogen-bond acceptors (Lipinski definition) is 7. The minimum absolute atomic E-state index is 0.0319. The summed E-state index contributed by atoms with van der Waals surface area (Å²) in [6.07, 6.45) is -1.000. The minimum atomic E-state index is -1.000. The summed E-state index contributed by atoms with van der Waals surface area (Å²) in [5.41, 5.74) is 6.10. The molecular weight excluding hydrogens is 399 g/mol. The van der Waals surface area contributed by atoms with Gasteiger partial charge < -0.3 is 19.9 Å². The number of imidazole rings is 1. The molecule has 4 rings (SSSR count). The summed E-state index contributed by atoms with van der Waals surface area (Å²) in [5, 5.41) is 0.577. The van der Waals surface area contributed by atoms with Crippen LogP contribution >= 0.6 is 11.5 Å². The van der Waals surface area contributed by atoms with Gasteiger partial charge in [0.1, 0.15) is 17.3 Å². The highest BCUT2D eigenvalue weighted by Crippen LogP contribution is 2.38. The van der Waals surface area contributed by atoms with Crippen molar-refractivity contribution in [3.05, 3.63) is 47.2 Å². The van der Waals surface area contributed by atoms with Crippen molar-refractivity contribution in [3.8, 4) is 16.7 Å². The molecule has 1 atom stereocenters. The summed E-state index contributed by atoms with van der Waals surface area (Å²) in [6, 6.07) is 4.89. The first-order valence-electron chi connectivity index (χ1n) is 8.80. The van der Waals surface area contributed by atoms with Crippen LogP contribution in [0, 0.1) is 12.7 Å². The maximum absolute atomic E-state index is 13.2. The first-order valence-corrected chi connectivity index (χ1v) is 9.57. The number of carbonyl (C=O) groups is 2. The van der Waals surface area contributed by atoms with Crippen molar-refractivity contribution >= 4 is 23.5 Å². The van der Waals surface area contributed by atoms with E-state index in [1.54, 1.807) is 18.7 Å². The highest BCUT2D eigenvalue weighted by molar-refractivity contribution is 7.09. The van der Waals surface area contributed by atoms with Crippen molar-refractivity contribution in [2.45, 2.75) is 26.4 Å². The third kappa shape index (κ3) is 3.44. The monoisotopic (exact) mass is 416 g/mol. The van der Waals surface area contributed by atoms with Gasteiger partial charge in [-0.15, -0.1) is 0 Å². The van der Waals surface area contributed by atoms with E-state index in [0.717, 1.165) is 0 Å². The van der Waals surface area contributed by atoms with E-state index in [-0.39, 0.29) is 11.8 Å². The van der Waals surface area contributed by atoms with Gasteiger partial charge in [0.15, 0.2) is 10.8 Å². The van der Waals surface area contributed by atoms with E-state index in [1.807, 2.05) is 4.57 Å². The number of hydrogen-bond donors (Lipinski definition) is 1. The number of carbonyl (C=O) groups excluding carboxylic acids is 2. The van der Waals surface area contributed by atoms with Crippen LogP contribution in [0.1, 0.15) is 34.8 Å². The molecule has 150 valence electrons. The fourth-order valence-corrected chi connectivity index (χ4v) is 4.05. The van der Waals surface area contributed by atoms with Gasteiger partial charge in [0, 0.05) is 18.7 Å². The first kappa shape index (κ1) is 19.0. The lowest BCUT2D eigenvalue weighted by molar-refractivity contribution is 0.0642. The van der Waals surface area contributed by atoms with Crippen LogP contribution in [-0.2, 0) is 6.54 Å². The number of aryl methyl sites for hydroxylation is 1. The lowest BCUT2D eigenvalue weighted by atomic mass is 10.1. The summed E-state index contributed by atoms with van der Waals surface area (Å²) in [6.45, 7) is 4.38. The fraction of sp³-hybridized carbons (Fsp3) is 0.278. The van der Waals surface area contributed by atoms with Crippen molar-refractivity contribution in [1.29, 1.82) is 0 Å². The van der Waals surface area contributed by atoms with Crippen LogP contribution in [0.15, 0.2) is 24.3 Å². The molecule has 1 aliphatic rings. The summed E-state index contributed by atoms with van der Waals surface area (Å²) in [5.74, 6) is 0.465. The molecule has 0 saturated heterocycles. The number of primary amides is 1. The predicted molar refractivity (Wildman–Crippen MR) is 102 cm³/mol. The topological polar surface area (TPSA) is 116 Å². The van der Waals surface area contributed by atoms with E-state index in [4.69, 9.17) is 10.5 Å². The average Bonchev–Trinajstić information content (AvgIpc) is 3.26. The van der Waals surface area contributed by atoms with Crippen molar-refractivity contribution < 1.29 is 18.7 Å². The summed E-state index contributed by atoms with van der Waals surface area (Å²) >= 11 is 1.18. The van der Waals surface area contributed by atoms with Crippen LogP contribution in [0.2, 0.25) is 0 Å². The third-order valence-electron chi connectivity index (χ3n) is 4.67. The molecule has 2 N–H and O–H groups in total. The van der Waals surface area contributed by atoms with Gasteiger partial charge in [-0.3, -0.25) is 4.79 Å². The van der Waals surface area contributed by atoms with Gasteiger partial charge in [-0.05, 0) is 49.6 Å². The van der Waals surface area contributed by atoms with Crippen molar-refractivity contribution in [1.82, 2.24) is 23.8 Å². The van der Waals surface area contributed by atoms with E-state index < -0.39 is 18.0 Å². The smallest absolute Gasteiger partial charge is 0.389 e. The Hall–Kier alpha value is -3.34. The average molecular weight is 416 g/mol. The predicted octanol–water partition coefficient (Wildman–Crippen LogP) is 2.52. The lowest BCUT2D eigenvalue weighted by Crippen LogP contribution is -2.41. The SMILES string of the molecule is Cc1nsc(-c2nc(OC(N)=O)c3n2CCN(C(=O)c2ccc(F)cc2)[C@@H]3C)n1. The van der Waals surface area contributed by atoms with Crippen molar-refractivity contribution in [2.24, 2.45) is 5.73 Å². The van der Waals surface area contributed by atoms with Gasteiger partial charge >= 0.3 is 6.09 Å². The summed E-state index contributed by atoms with van der Waals surface area (Å²) < 4.78 is 24.3. The van der Waals surface area contributed by atoms with Gasteiger partial charge in [0.2, 0.25) is 5.88 Å². The summed E-state index contributed by atoms with van der Waals surface area (Å²) in [7, 11) is 0. The zero-order valence-corrected chi connectivity index (χ0v) is 16.4. The van der Waals surface area contributed by atoms with Crippen LogP contribution in [0.3, 0.4) is 0 Å². The Morgan fingerprint density at radius 3 is 2.59 bits per heavy atom. The Morgan fingerprint density at radius 1 is 1.24 bits per heavy atom. The second-order valence-corrected chi connectivity index (χ2v) is 7.28. The van der Waals surface area contributed by atoms with E-state index >= 15 is 0 Å². The molecule has 0 spiro atoms. The molecule has 3 aromatic rings. The number of aromatic nitrogens is 4. The van der Waals surface area contributed by atoms with Crippen molar-refractivity contribution in [2.75, 3.05) is 6.54 Å². The number of nitrogens with zero attached hydrogens (tertiary/aromatic N) is 5. The maximum Gasteiger partial charge on any atom is 0.411 e. The molecule has 0 aliphatic carbocycles. The molecular formula is C18H17FN6O3S. The fourth-order valence-electron chi connectivity index (χ4n) is 3.38. The molecule has 29 heavy (non-hydrogen) atoms. The standard InChI is InChI=1S/C18H17FN6O3S/c1-9-13-15(28-18(20)27)22-14(16-21-10(2)23-29-16)25(13)8-7-24(9)17(26)11-3-5-12(19)6-4-11/h3-6,9H,7-8H2,1-2H3,(H2,20,27)/t9-/m1/s1. The second-order valence-electron chi connectivity index (χ2n) is 6.53. The van der Waals surface area contributed by atoms with Gasteiger partial charge in [0.05, 0.1) is 6.04 Å². The van der Waals surface area contributed by atoms with Gasteiger partial charge in [0.25, 0.3) is 5.91 Å². The number of fused-ring (bicyclic) bond motifs is 1. The molecule has 1 aliphatic heterocycles. The Kier molecular flexibility index (Phi) is 4.74. The number of rotatable bonds is 3. The highest BCUT2D eigenvalue weighted by Gasteiger charge is 2.35. The maximum atomic E-state index is 13.2. The molecule has 11 heteroatoms. The number of ether oxygens (including phenoxy) is 1. The summed E-state index contributed by atoms with van der Waals surface area (Å²) in [4.78, 5) is 34.7. The molecule has 3 heterocycles. The molecule has 0 fully saturated rings. The molecule has 0 radical (unpaired) electrons. The Balaban J connectivity index is 1.74. The van der Waals surface area contributed by atoms with E-state index in [9.17, 15) is 14.0 Å². The quantitative estimate of drug-likeness (QED) is 0.701. The van der Waals surface area contributed by atoms with Crippen LogP contribution in [0.4, 0.5) is 9.18 Å². The second kappa shape index (κ2) is 7.24. The Labute approximate surface area is 169 Å². The van der Waals surface area contributed by atoms with Gasteiger partial charge in [-0.2, -0.15) is 9.36 Å². The van der Waals surface area contributed by atoms with E-state index in [0.29, 0.717) is 41.0 Å². The lowest BCUT2D eigenvalue weighted by Gasteiger charge is -2.35. The molecule has 0 bridgehead atoms. The third-order valence-corrected chi connectivity index (χ3v) is 5.47. The van der Waals surface area contributed by atoms with E-state index in [2.05, 4.69) is 14.3 Å². The zero-order valence-electron chi connectivity index (χ0n) is 15.6. The number of benzene rings is 1. The van der Waals surface area contributed by atoms with Crippen LogP contribution in [0.25, 0.3) is 10.8 Å². The zero-order chi connectivity index (χ0) is 20.7. The van der Waals surface area contributed by atoms with Crippen LogP contribution in [-0.4, -0.2) is 42.4 Å². The first-order chi connectivity index (χ1) is 13.8. The Morgan fingerprint density at radius 2 is 1.97 bits per heavy atom. The molecule has 1 aromatic carbocycles. The molecule has 2 amide bonds. The van der Waals surface area contributed by atoms with Gasteiger partial charge in [-0.1, -0.05) is 0 Å². The van der Waals surface area contributed by atoms with E-state index in [1.165, 1.54) is 35.8 Å². The van der Waals surface area contributed by atoms with Crippen molar-refractivity contribution in [3.63, 3.8) is 0 Å². The minimum Gasteiger partial charge on any atom is -0.389 e. The molecule has 2 aromatic heterocycles. The number of amides is 2. The number of halogens is 1. The molecule has 9 nitrogen and oxygen atoms in total. The highest BCUT2D eigenvalue weighted by atomic mass is 32.1. The largest absolute Gasteiger partial charge is 0.411 e. The van der Waals surface area contributed by atoms with Gasteiger partial charge in [-0.25, -0.2) is 14.2 Å². The molecule has 0 saturated carbocycles. The van der Waals surface area contributed by atoms with Crippen LogP contribution < -0.4 is 10.5 Å².